The van der Waals surface area contributed by atoms with Crippen LogP contribution in [-0.4, -0.2) is 34.7 Å². The Hall–Kier alpha value is -1.66. The minimum atomic E-state index is -2.27. The van der Waals surface area contributed by atoms with Crippen LogP contribution in [0.5, 0.6) is 0 Å². The summed E-state index contributed by atoms with van der Waals surface area (Å²) >= 11 is 0. The number of aliphatic hydroxyl groups is 2. The van der Waals surface area contributed by atoms with E-state index in [0.29, 0.717) is 13.0 Å². The van der Waals surface area contributed by atoms with Crippen molar-refractivity contribution in [1.82, 2.24) is 0 Å². The minimum absolute atomic E-state index is 0.0254. The number of aliphatic hydroxyl groups excluding tert-OH is 1. The second-order valence-electron chi connectivity index (χ2n) is 9.51. The van der Waals surface area contributed by atoms with Gasteiger partial charge in [0.05, 0.1) is 6.42 Å². The Labute approximate surface area is 214 Å². The van der Waals surface area contributed by atoms with Gasteiger partial charge in [0.25, 0.3) is 0 Å². The predicted molar refractivity (Wildman–Crippen MR) is 142 cm³/mol. The Bertz CT molecular complexity index is 523. The van der Waals surface area contributed by atoms with E-state index in [0.717, 1.165) is 37.8 Å². The van der Waals surface area contributed by atoms with E-state index in [-0.39, 0.29) is 6.42 Å². The molecule has 0 rings (SSSR count). The van der Waals surface area contributed by atoms with Gasteiger partial charge in [0.15, 0.2) is 0 Å². The Kier molecular flexibility index (Phi) is 22.9. The fourth-order valence-electron chi connectivity index (χ4n) is 4.16. The van der Waals surface area contributed by atoms with Gasteiger partial charge in [0.2, 0.25) is 0 Å². The van der Waals surface area contributed by atoms with Crippen LogP contribution < -0.4 is 0 Å². The lowest BCUT2D eigenvalue weighted by atomic mass is 10.0. The van der Waals surface area contributed by atoms with Crippen molar-refractivity contribution in [2.24, 2.45) is 0 Å². The topological polar surface area (TPSA) is 93.1 Å². The number of carbonyl (C=O) groups excluding carboxylic acids is 2. The van der Waals surface area contributed by atoms with E-state index in [1.807, 2.05) is 0 Å². The highest BCUT2D eigenvalue weighted by molar-refractivity contribution is 5.83. The van der Waals surface area contributed by atoms with E-state index in [2.05, 4.69) is 13.2 Å². The van der Waals surface area contributed by atoms with Crippen LogP contribution in [0.4, 0.5) is 0 Å². The van der Waals surface area contributed by atoms with Crippen molar-refractivity contribution >= 4 is 11.9 Å². The van der Waals surface area contributed by atoms with Gasteiger partial charge in [-0.25, -0.2) is 9.59 Å². The van der Waals surface area contributed by atoms with E-state index in [1.54, 1.807) is 0 Å². The molecule has 0 aliphatic rings. The Morgan fingerprint density at radius 2 is 0.800 bits per heavy atom. The number of esters is 2. The van der Waals surface area contributed by atoms with E-state index < -0.39 is 17.9 Å². The molecular weight excluding hydrogens is 444 g/mol. The number of rotatable bonds is 26. The summed E-state index contributed by atoms with van der Waals surface area (Å²) in [7, 11) is 0. The Morgan fingerprint density at radius 1 is 0.543 bits per heavy atom. The summed E-state index contributed by atoms with van der Waals surface area (Å²) in [6.07, 6.45) is 26.2. The second-order valence-corrected chi connectivity index (χ2v) is 9.51. The number of carbonyl (C=O) groups is 2. The third kappa shape index (κ3) is 22.5. The number of unbranched alkanes of at least 4 members (excludes halogenated alkanes) is 19. The molecule has 0 spiro atoms. The van der Waals surface area contributed by atoms with Crippen LogP contribution in [-0.2, 0) is 19.1 Å². The van der Waals surface area contributed by atoms with Crippen molar-refractivity contribution in [2.45, 2.75) is 141 Å². The molecular formula is C29H52O6. The largest absolute Gasteiger partial charge is 0.396 e. The maximum atomic E-state index is 11.4. The van der Waals surface area contributed by atoms with Crippen LogP contribution >= 0.6 is 0 Å². The maximum absolute atomic E-state index is 11.4. The van der Waals surface area contributed by atoms with Gasteiger partial charge in [-0.1, -0.05) is 129 Å². The summed E-state index contributed by atoms with van der Waals surface area (Å²) in [5.41, 5.74) is 0. The average molecular weight is 497 g/mol. The summed E-state index contributed by atoms with van der Waals surface area (Å²) in [4.78, 5) is 22.8. The first-order chi connectivity index (χ1) is 17.0. The smallest absolute Gasteiger partial charge is 0.373 e. The minimum Gasteiger partial charge on any atom is -0.396 e. The van der Waals surface area contributed by atoms with Gasteiger partial charge in [-0.15, -0.1) is 0 Å². The van der Waals surface area contributed by atoms with Crippen LogP contribution in [0, 0.1) is 0 Å². The van der Waals surface area contributed by atoms with Crippen LogP contribution in [0.25, 0.3) is 0 Å². The molecule has 0 atom stereocenters. The van der Waals surface area contributed by atoms with Crippen LogP contribution in [0.3, 0.4) is 0 Å². The number of ether oxygens (including phenoxy) is 2. The molecule has 0 heterocycles. The normalized spacial score (nSPS) is 11.3. The molecule has 0 aromatic carbocycles. The molecule has 6 heteroatoms. The molecule has 35 heavy (non-hydrogen) atoms. The van der Waals surface area contributed by atoms with Gasteiger partial charge < -0.3 is 19.7 Å². The van der Waals surface area contributed by atoms with Crippen molar-refractivity contribution in [3.05, 3.63) is 25.3 Å². The van der Waals surface area contributed by atoms with Gasteiger partial charge >= 0.3 is 17.9 Å². The zero-order valence-corrected chi connectivity index (χ0v) is 22.2. The lowest BCUT2D eigenvalue weighted by molar-refractivity contribution is -0.324. The maximum Gasteiger partial charge on any atom is 0.373 e. The standard InChI is InChI=1S/C29H52O6/c1-3-27(31)34-29(33,35-28(32)4-2)25-23-21-19-17-15-13-11-9-7-5-6-8-10-12-14-16-18-20-22-24-26-30/h3-4,30,33H,1-2,5-26H2. The highest BCUT2D eigenvalue weighted by Gasteiger charge is 2.34. The summed E-state index contributed by atoms with van der Waals surface area (Å²) in [6, 6.07) is 0. The summed E-state index contributed by atoms with van der Waals surface area (Å²) in [5.74, 6) is -3.96. The molecule has 0 bridgehead atoms. The summed E-state index contributed by atoms with van der Waals surface area (Å²) in [5, 5.41) is 19.0. The van der Waals surface area contributed by atoms with Crippen molar-refractivity contribution in [3.8, 4) is 0 Å². The van der Waals surface area contributed by atoms with Crippen LogP contribution in [0.2, 0.25) is 0 Å². The van der Waals surface area contributed by atoms with Gasteiger partial charge in [-0.05, 0) is 12.8 Å². The third-order valence-electron chi connectivity index (χ3n) is 6.25. The van der Waals surface area contributed by atoms with Gasteiger partial charge in [0.1, 0.15) is 0 Å². The van der Waals surface area contributed by atoms with Crippen molar-refractivity contribution in [1.29, 1.82) is 0 Å². The average Bonchev–Trinajstić information content (AvgIpc) is 2.84. The van der Waals surface area contributed by atoms with Crippen molar-refractivity contribution in [2.75, 3.05) is 6.61 Å². The lowest BCUT2D eigenvalue weighted by Gasteiger charge is -2.25. The number of hydrogen-bond acceptors (Lipinski definition) is 6. The first kappa shape index (κ1) is 33.3. The van der Waals surface area contributed by atoms with Crippen molar-refractivity contribution in [3.63, 3.8) is 0 Å². The molecule has 0 aliphatic heterocycles. The quantitative estimate of drug-likeness (QED) is 0.0566. The molecule has 0 saturated carbocycles. The molecule has 0 saturated heterocycles. The highest BCUT2D eigenvalue weighted by atomic mass is 16.8. The molecule has 0 unspecified atom stereocenters. The molecule has 0 aliphatic carbocycles. The fourth-order valence-corrected chi connectivity index (χ4v) is 4.16. The predicted octanol–water partition coefficient (Wildman–Crippen LogP) is 7.28. The first-order valence-electron chi connectivity index (χ1n) is 14.0. The van der Waals surface area contributed by atoms with Crippen molar-refractivity contribution < 1.29 is 29.3 Å². The highest BCUT2D eigenvalue weighted by Crippen LogP contribution is 2.21. The molecule has 0 radical (unpaired) electrons. The lowest BCUT2D eigenvalue weighted by Crippen LogP contribution is -2.39. The molecule has 0 aromatic rings. The van der Waals surface area contributed by atoms with Gasteiger partial charge in [0, 0.05) is 18.8 Å². The Balaban J connectivity index is 3.49. The zero-order chi connectivity index (χ0) is 26.0. The van der Waals surface area contributed by atoms with Gasteiger partial charge in [-0.2, -0.15) is 0 Å². The summed E-state index contributed by atoms with van der Waals surface area (Å²) in [6.45, 7) is 6.91. The zero-order valence-electron chi connectivity index (χ0n) is 22.2. The molecule has 6 nitrogen and oxygen atoms in total. The van der Waals surface area contributed by atoms with E-state index in [1.165, 1.54) is 96.3 Å². The third-order valence-corrected chi connectivity index (χ3v) is 6.25. The SMILES string of the molecule is C=CC(=O)OC(O)(CCCCCCCCCCCCCCCCCCCCCCO)OC(=O)C=C. The number of hydrogen-bond donors (Lipinski definition) is 2. The fraction of sp³-hybridized carbons (Fsp3) is 0.793. The summed E-state index contributed by atoms with van der Waals surface area (Å²) < 4.78 is 9.61. The molecule has 0 amide bonds. The van der Waals surface area contributed by atoms with Crippen LogP contribution in [0.1, 0.15) is 135 Å². The Morgan fingerprint density at radius 3 is 1.06 bits per heavy atom. The molecule has 204 valence electrons. The first-order valence-corrected chi connectivity index (χ1v) is 14.0. The van der Waals surface area contributed by atoms with E-state index in [9.17, 15) is 14.7 Å². The molecule has 0 fully saturated rings. The van der Waals surface area contributed by atoms with Crippen LogP contribution in [0.15, 0.2) is 25.3 Å². The van der Waals surface area contributed by atoms with E-state index >= 15 is 0 Å². The van der Waals surface area contributed by atoms with E-state index in [4.69, 9.17) is 14.6 Å². The monoisotopic (exact) mass is 496 g/mol. The van der Waals surface area contributed by atoms with Gasteiger partial charge in [-0.3, -0.25) is 0 Å². The molecule has 0 aromatic heterocycles. The molecule has 2 N–H and O–H groups in total. The second kappa shape index (κ2) is 24.1.